The number of urea groups is 1. The number of rotatable bonds is 3. The molecule has 0 bridgehead atoms. The van der Waals surface area contributed by atoms with Crippen molar-refractivity contribution in [2.24, 2.45) is 0 Å². The van der Waals surface area contributed by atoms with E-state index in [1.165, 1.54) is 5.56 Å². The molecule has 1 aromatic rings. The van der Waals surface area contributed by atoms with Gasteiger partial charge in [0.1, 0.15) is 0 Å². The molecule has 1 N–H and O–H groups in total. The Bertz CT molecular complexity index is 481. The zero-order valence-corrected chi connectivity index (χ0v) is 13.0. The molecule has 0 atom stereocenters. The van der Waals surface area contributed by atoms with Gasteiger partial charge in [0.05, 0.1) is 0 Å². The number of carbonyl (C=O) groups excluding carboxylic acids is 1. The van der Waals surface area contributed by atoms with Crippen LogP contribution >= 0.6 is 23.4 Å². The van der Waals surface area contributed by atoms with Crippen LogP contribution in [0.5, 0.6) is 0 Å². The molecule has 0 radical (unpaired) electrons. The number of nitrogens with one attached hydrogen (secondary N) is 1. The second-order valence-electron chi connectivity index (χ2n) is 5.55. The molecule has 1 aliphatic heterocycles. The maximum absolute atomic E-state index is 12.1. The first-order valence-corrected chi connectivity index (χ1v) is 8.59. The van der Waals surface area contributed by atoms with Crippen LogP contribution in [0.1, 0.15) is 18.4 Å². The van der Waals surface area contributed by atoms with Gasteiger partial charge in [0, 0.05) is 41.6 Å². The van der Waals surface area contributed by atoms with Gasteiger partial charge < -0.3 is 10.2 Å². The molecule has 1 heterocycles. The molecule has 5 heteroatoms. The summed E-state index contributed by atoms with van der Waals surface area (Å²) in [6, 6.07) is 8.12. The molecule has 0 aromatic heterocycles. The van der Waals surface area contributed by atoms with Crippen LogP contribution in [-0.2, 0) is 5.41 Å². The highest BCUT2D eigenvalue weighted by Crippen LogP contribution is 2.47. The topological polar surface area (TPSA) is 32.3 Å². The number of benzene rings is 1. The van der Waals surface area contributed by atoms with E-state index in [4.69, 9.17) is 11.6 Å². The smallest absolute Gasteiger partial charge is 0.317 e. The quantitative estimate of drug-likeness (QED) is 0.930. The van der Waals surface area contributed by atoms with Crippen molar-refractivity contribution >= 4 is 29.4 Å². The fourth-order valence-electron chi connectivity index (χ4n) is 2.64. The van der Waals surface area contributed by atoms with Crippen LogP contribution in [0.25, 0.3) is 0 Å². The van der Waals surface area contributed by atoms with Crippen molar-refractivity contribution in [3.05, 3.63) is 34.9 Å². The van der Waals surface area contributed by atoms with E-state index in [-0.39, 0.29) is 11.4 Å². The minimum absolute atomic E-state index is 0.0885. The predicted molar refractivity (Wildman–Crippen MR) is 84.7 cm³/mol. The molecule has 3 nitrogen and oxygen atoms in total. The third-order valence-electron chi connectivity index (χ3n) is 4.19. The molecular weight excluding hydrogens is 292 g/mol. The Morgan fingerprint density at radius 1 is 1.25 bits per heavy atom. The second-order valence-corrected chi connectivity index (χ2v) is 7.21. The van der Waals surface area contributed by atoms with Crippen LogP contribution < -0.4 is 5.32 Å². The summed E-state index contributed by atoms with van der Waals surface area (Å²) in [6.45, 7) is 2.46. The lowest BCUT2D eigenvalue weighted by Crippen LogP contribution is -2.46. The van der Waals surface area contributed by atoms with Gasteiger partial charge in [0.25, 0.3) is 0 Å². The monoisotopic (exact) mass is 310 g/mol. The van der Waals surface area contributed by atoms with Gasteiger partial charge in [-0.25, -0.2) is 4.79 Å². The molecule has 0 spiro atoms. The van der Waals surface area contributed by atoms with E-state index in [1.54, 1.807) is 0 Å². The lowest BCUT2D eigenvalue weighted by atomic mass is 9.96. The summed E-state index contributed by atoms with van der Waals surface area (Å²) < 4.78 is 0. The third kappa shape index (κ3) is 3.07. The Labute approximate surface area is 129 Å². The maximum atomic E-state index is 12.1. The van der Waals surface area contributed by atoms with Gasteiger partial charge >= 0.3 is 6.03 Å². The van der Waals surface area contributed by atoms with Gasteiger partial charge in [0.2, 0.25) is 0 Å². The third-order valence-corrected chi connectivity index (χ3v) is 5.38. The largest absolute Gasteiger partial charge is 0.337 e. The highest BCUT2D eigenvalue weighted by atomic mass is 35.5. The lowest BCUT2D eigenvalue weighted by molar-refractivity contribution is 0.202. The summed E-state index contributed by atoms with van der Waals surface area (Å²) in [5.41, 5.74) is 1.43. The zero-order chi connectivity index (χ0) is 14.0. The molecule has 2 fully saturated rings. The molecule has 1 saturated heterocycles. The van der Waals surface area contributed by atoms with Crippen molar-refractivity contribution in [3.8, 4) is 0 Å². The Hall–Kier alpha value is -0.870. The maximum Gasteiger partial charge on any atom is 0.317 e. The van der Waals surface area contributed by atoms with E-state index in [9.17, 15) is 4.79 Å². The van der Waals surface area contributed by atoms with Gasteiger partial charge in [-0.1, -0.05) is 23.7 Å². The van der Waals surface area contributed by atoms with Gasteiger partial charge in [-0.05, 0) is 30.5 Å². The molecule has 3 rings (SSSR count). The summed E-state index contributed by atoms with van der Waals surface area (Å²) in [4.78, 5) is 14.1. The molecule has 20 heavy (non-hydrogen) atoms. The first-order valence-electron chi connectivity index (χ1n) is 7.06. The summed E-state index contributed by atoms with van der Waals surface area (Å²) >= 11 is 7.85. The van der Waals surface area contributed by atoms with Crippen molar-refractivity contribution in [1.29, 1.82) is 0 Å². The first kappa shape index (κ1) is 14.1. The van der Waals surface area contributed by atoms with Crippen LogP contribution in [0, 0.1) is 0 Å². The number of halogens is 1. The Balaban J connectivity index is 1.57. The minimum atomic E-state index is 0.0885. The molecular formula is C15H19ClN2OS. The standard InChI is InChI=1S/C15H19ClN2OS/c16-13-3-1-12(2-4-13)15(5-6-15)11-17-14(19)18-7-9-20-10-8-18/h1-4H,5-11H2,(H,17,19). The number of hydrogen-bond acceptors (Lipinski definition) is 2. The minimum Gasteiger partial charge on any atom is -0.337 e. The van der Waals surface area contributed by atoms with E-state index in [0.717, 1.165) is 49.0 Å². The summed E-state index contributed by atoms with van der Waals surface area (Å²) in [7, 11) is 0. The normalized spacial score (nSPS) is 20.6. The summed E-state index contributed by atoms with van der Waals surface area (Å²) in [6.07, 6.45) is 2.29. The predicted octanol–water partition coefficient (Wildman–Crippen LogP) is 3.13. The van der Waals surface area contributed by atoms with Crippen LogP contribution in [0.3, 0.4) is 0 Å². The highest BCUT2D eigenvalue weighted by molar-refractivity contribution is 7.99. The van der Waals surface area contributed by atoms with Gasteiger partial charge in [0.15, 0.2) is 0 Å². The zero-order valence-electron chi connectivity index (χ0n) is 11.4. The highest BCUT2D eigenvalue weighted by Gasteiger charge is 2.44. The van der Waals surface area contributed by atoms with E-state index in [2.05, 4.69) is 17.4 Å². The molecule has 1 aliphatic carbocycles. The van der Waals surface area contributed by atoms with Crippen molar-refractivity contribution in [2.45, 2.75) is 18.3 Å². The summed E-state index contributed by atoms with van der Waals surface area (Å²) in [5, 5.41) is 3.88. The second kappa shape index (κ2) is 5.86. The fraction of sp³-hybridized carbons (Fsp3) is 0.533. The summed E-state index contributed by atoms with van der Waals surface area (Å²) in [5.74, 6) is 2.10. The van der Waals surface area contributed by atoms with Crippen LogP contribution in [0.15, 0.2) is 24.3 Å². The number of nitrogens with zero attached hydrogens (tertiary/aromatic N) is 1. The fourth-order valence-corrected chi connectivity index (χ4v) is 3.67. The number of amides is 2. The van der Waals surface area contributed by atoms with Crippen molar-refractivity contribution in [1.82, 2.24) is 10.2 Å². The average Bonchev–Trinajstić information content (AvgIpc) is 3.27. The van der Waals surface area contributed by atoms with Gasteiger partial charge in [-0.3, -0.25) is 0 Å². The van der Waals surface area contributed by atoms with Gasteiger partial charge in [-0.15, -0.1) is 0 Å². The van der Waals surface area contributed by atoms with E-state index in [0.29, 0.717) is 0 Å². The molecule has 2 aliphatic rings. The lowest BCUT2D eigenvalue weighted by Gasteiger charge is -2.27. The SMILES string of the molecule is O=C(NCC1(c2ccc(Cl)cc2)CC1)N1CCSCC1. The van der Waals surface area contributed by atoms with Crippen LogP contribution in [0.4, 0.5) is 4.79 Å². The average molecular weight is 311 g/mol. The number of thioether (sulfide) groups is 1. The van der Waals surface area contributed by atoms with E-state index in [1.807, 2.05) is 28.8 Å². The molecule has 1 saturated carbocycles. The Kier molecular flexibility index (Phi) is 4.13. The molecule has 0 unspecified atom stereocenters. The van der Waals surface area contributed by atoms with Crippen LogP contribution in [-0.4, -0.2) is 42.1 Å². The van der Waals surface area contributed by atoms with Crippen LogP contribution in [0.2, 0.25) is 5.02 Å². The Morgan fingerprint density at radius 3 is 2.50 bits per heavy atom. The van der Waals surface area contributed by atoms with E-state index < -0.39 is 0 Å². The van der Waals surface area contributed by atoms with E-state index >= 15 is 0 Å². The molecule has 108 valence electrons. The van der Waals surface area contributed by atoms with Crippen molar-refractivity contribution in [3.63, 3.8) is 0 Å². The van der Waals surface area contributed by atoms with Gasteiger partial charge in [-0.2, -0.15) is 11.8 Å². The van der Waals surface area contributed by atoms with Crippen molar-refractivity contribution in [2.75, 3.05) is 31.1 Å². The Morgan fingerprint density at radius 2 is 1.90 bits per heavy atom. The molecule has 2 amide bonds. The molecule has 1 aromatic carbocycles. The van der Waals surface area contributed by atoms with Crippen molar-refractivity contribution < 1.29 is 4.79 Å². The first-order chi connectivity index (χ1) is 9.70. The number of carbonyl (C=O) groups is 1. The number of hydrogen-bond donors (Lipinski definition) is 1.